The molecular formula is C13H13F3N4O2. The van der Waals surface area contributed by atoms with Gasteiger partial charge in [0.2, 0.25) is 0 Å². The maximum Gasteiger partial charge on any atom is 0.417 e. The van der Waals surface area contributed by atoms with Crippen LogP contribution in [0.5, 0.6) is 0 Å². The fourth-order valence-electron chi connectivity index (χ4n) is 1.72. The van der Waals surface area contributed by atoms with E-state index in [9.17, 15) is 22.8 Å². The number of pyridine rings is 1. The standard InChI is InChI=1S/C13H13F3N4O2/c1-20-11(21)6-10(19-12(20)22)17-5-4-9-3-2-8(7-18-9)13(14,15)16/h2-3,6-7,17H,4-5H2,1H3,(H,19,22). The highest BCUT2D eigenvalue weighted by Crippen LogP contribution is 2.28. The van der Waals surface area contributed by atoms with Gasteiger partial charge in [0.15, 0.2) is 0 Å². The second-order valence-electron chi connectivity index (χ2n) is 4.60. The highest BCUT2D eigenvalue weighted by molar-refractivity contribution is 5.32. The highest BCUT2D eigenvalue weighted by Gasteiger charge is 2.30. The molecule has 0 radical (unpaired) electrons. The molecule has 0 amide bonds. The maximum atomic E-state index is 12.4. The van der Waals surface area contributed by atoms with Crippen molar-refractivity contribution in [2.75, 3.05) is 11.9 Å². The van der Waals surface area contributed by atoms with Crippen molar-refractivity contribution in [2.45, 2.75) is 12.6 Å². The topological polar surface area (TPSA) is 79.8 Å². The van der Waals surface area contributed by atoms with Gasteiger partial charge in [-0.1, -0.05) is 0 Å². The highest BCUT2D eigenvalue weighted by atomic mass is 19.4. The fourth-order valence-corrected chi connectivity index (χ4v) is 1.72. The molecule has 6 nitrogen and oxygen atoms in total. The molecule has 0 spiro atoms. The Morgan fingerprint density at radius 1 is 1.32 bits per heavy atom. The average molecular weight is 314 g/mol. The third-order valence-electron chi connectivity index (χ3n) is 2.99. The lowest BCUT2D eigenvalue weighted by Crippen LogP contribution is -2.32. The quantitative estimate of drug-likeness (QED) is 0.887. The van der Waals surface area contributed by atoms with Gasteiger partial charge in [-0.2, -0.15) is 13.2 Å². The zero-order chi connectivity index (χ0) is 16.3. The molecule has 2 aromatic heterocycles. The van der Waals surface area contributed by atoms with E-state index in [0.717, 1.165) is 16.8 Å². The van der Waals surface area contributed by atoms with Crippen LogP contribution < -0.4 is 16.6 Å². The van der Waals surface area contributed by atoms with E-state index in [2.05, 4.69) is 15.3 Å². The molecule has 2 heterocycles. The molecule has 2 aromatic rings. The lowest BCUT2D eigenvalue weighted by Gasteiger charge is -2.08. The number of rotatable bonds is 4. The third-order valence-corrected chi connectivity index (χ3v) is 2.99. The van der Waals surface area contributed by atoms with Crippen molar-refractivity contribution in [3.8, 4) is 0 Å². The summed E-state index contributed by atoms with van der Waals surface area (Å²) in [4.78, 5) is 29.0. The van der Waals surface area contributed by atoms with Crippen LogP contribution in [0, 0.1) is 0 Å². The smallest absolute Gasteiger partial charge is 0.371 e. The zero-order valence-corrected chi connectivity index (χ0v) is 11.6. The van der Waals surface area contributed by atoms with Crippen molar-refractivity contribution in [2.24, 2.45) is 7.05 Å². The van der Waals surface area contributed by atoms with Crippen molar-refractivity contribution in [3.63, 3.8) is 0 Å². The molecule has 0 aliphatic heterocycles. The maximum absolute atomic E-state index is 12.4. The number of anilines is 1. The van der Waals surface area contributed by atoms with E-state index in [1.807, 2.05) is 0 Å². The van der Waals surface area contributed by atoms with E-state index < -0.39 is 23.0 Å². The molecule has 2 N–H and O–H groups in total. The molecule has 0 saturated carbocycles. The number of aromatic amines is 1. The second kappa shape index (κ2) is 6.04. The van der Waals surface area contributed by atoms with Gasteiger partial charge in [0, 0.05) is 38.0 Å². The number of aromatic nitrogens is 3. The van der Waals surface area contributed by atoms with Crippen LogP contribution in [0.4, 0.5) is 19.0 Å². The van der Waals surface area contributed by atoms with Crippen LogP contribution in [0.1, 0.15) is 11.3 Å². The average Bonchev–Trinajstić information content (AvgIpc) is 2.44. The summed E-state index contributed by atoms with van der Waals surface area (Å²) in [7, 11) is 1.34. The van der Waals surface area contributed by atoms with Gasteiger partial charge in [0.05, 0.1) is 5.56 Å². The Labute approximate surface area is 122 Å². The molecule has 9 heteroatoms. The summed E-state index contributed by atoms with van der Waals surface area (Å²) in [5, 5.41) is 2.82. The summed E-state index contributed by atoms with van der Waals surface area (Å²) in [6.45, 7) is 0.307. The normalized spacial score (nSPS) is 11.5. The number of alkyl halides is 3. The van der Waals surface area contributed by atoms with E-state index in [4.69, 9.17) is 0 Å². The number of hydrogen-bond acceptors (Lipinski definition) is 4. The Hall–Kier alpha value is -2.58. The Kier molecular flexibility index (Phi) is 4.34. The number of nitrogens with one attached hydrogen (secondary N) is 2. The Bertz CT molecular complexity index is 731. The van der Waals surface area contributed by atoms with Gasteiger partial charge >= 0.3 is 11.9 Å². The zero-order valence-electron chi connectivity index (χ0n) is 11.6. The Balaban J connectivity index is 1.97. The first-order valence-corrected chi connectivity index (χ1v) is 6.34. The van der Waals surface area contributed by atoms with Gasteiger partial charge in [-0.25, -0.2) is 4.79 Å². The number of H-pyrrole nitrogens is 1. The summed E-state index contributed by atoms with van der Waals surface area (Å²) < 4.78 is 38.1. The number of halogens is 3. The summed E-state index contributed by atoms with van der Waals surface area (Å²) in [5.41, 5.74) is -1.35. The molecule has 0 unspecified atom stereocenters. The first kappa shape index (κ1) is 15.8. The second-order valence-corrected chi connectivity index (χ2v) is 4.60. The molecule has 22 heavy (non-hydrogen) atoms. The molecule has 0 saturated heterocycles. The van der Waals surface area contributed by atoms with Crippen molar-refractivity contribution in [1.82, 2.24) is 14.5 Å². The minimum atomic E-state index is -4.41. The molecule has 0 aromatic carbocycles. The lowest BCUT2D eigenvalue weighted by molar-refractivity contribution is -0.137. The summed E-state index contributed by atoms with van der Waals surface area (Å²) in [5.74, 6) is 0.250. The SMILES string of the molecule is Cn1c(=O)cc(NCCc2ccc(C(F)(F)F)cn2)[nH]c1=O. The van der Waals surface area contributed by atoms with E-state index in [-0.39, 0.29) is 5.82 Å². The van der Waals surface area contributed by atoms with E-state index in [0.29, 0.717) is 18.7 Å². The largest absolute Gasteiger partial charge is 0.417 e. The van der Waals surface area contributed by atoms with Crippen LogP contribution in [-0.4, -0.2) is 21.1 Å². The molecule has 118 valence electrons. The first-order valence-electron chi connectivity index (χ1n) is 6.34. The summed E-state index contributed by atoms with van der Waals surface area (Å²) in [6, 6.07) is 3.47. The molecule has 0 aliphatic carbocycles. The Morgan fingerprint density at radius 2 is 2.05 bits per heavy atom. The lowest BCUT2D eigenvalue weighted by atomic mass is 10.2. The molecule has 2 rings (SSSR count). The van der Waals surface area contributed by atoms with E-state index in [1.54, 1.807) is 0 Å². The van der Waals surface area contributed by atoms with Gasteiger partial charge in [0.1, 0.15) is 5.82 Å². The van der Waals surface area contributed by atoms with E-state index >= 15 is 0 Å². The molecule has 0 aliphatic rings. The predicted molar refractivity (Wildman–Crippen MR) is 73.7 cm³/mol. The van der Waals surface area contributed by atoms with Crippen LogP contribution in [0.2, 0.25) is 0 Å². The molecule has 0 atom stereocenters. The predicted octanol–water partition coefficient (Wildman–Crippen LogP) is 1.14. The van der Waals surface area contributed by atoms with Crippen LogP contribution in [0.15, 0.2) is 34.0 Å². The third kappa shape index (κ3) is 3.74. The number of nitrogens with zero attached hydrogens (tertiary/aromatic N) is 2. The van der Waals surface area contributed by atoms with Gasteiger partial charge in [-0.05, 0) is 12.1 Å². The van der Waals surface area contributed by atoms with Crippen molar-refractivity contribution < 1.29 is 13.2 Å². The van der Waals surface area contributed by atoms with Crippen LogP contribution in [0.25, 0.3) is 0 Å². The van der Waals surface area contributed by atoms with Gasteiger partial charge in [-0.15, -0.1) is 0 Å². The van der Waals surface area contributed by atoms with Gasteiger partial charge in [0.25, 0.3) is 5.56 Å². The van der Waals surface area contributed by atoms with Crippen molar-refractivity contribution in [3.05, 3.63) is 56.5 Å². The summed E-state index contributed by atoms with van der Waals surface area (Å²) >= 11 is 0. The van der Waals surface area contributed by atoms with Crippen molar-refractivity contribution in [1.29, 1.82) is 0 Å². The van der Waals surface area contributed by atoms with Crippen molar-refractivity contribution >= 4 is 5.82 Å². The monoisotopic (exact) mass is 314 g/mol. The van der Waals surface area contributed by atoms with E-state index in [1.165, 1.54) is 19.2 Å². The van der Waals surface area contributed by atoms with Crippen LogP contribution in [0.3, 0.4) is 0 Å². The fraction of sp³-hybridized carbons (Fsp3) is 0.308. The molecular weight excluding hydrogens is 301 g/mol. The van der Waals surface area contributed by atoms with Gasteiger partial charge in [-0.3, -0.25) is 19.3 Å². The van der Waals surface area contributed by atoms with Crippen LogP contribution >= 0.6 is 0 Å². The minimum absolute atomic E-state index is 0.250. The molecule has 0 fully saturated rings. The Morgan fingerprint density at radius 3 is 2.59 bits per heavy atom. The minimum Gasteiger partial charge on any atom is -0.371 e. The molecule has 0 bridgehead atoms. The van der Waals surface area contributed by atoms with Crippen LogP contribution in [-0.2, 0) is 19.6 Å². The summed E-state index contributed by atoms with van der Waals surface area (Å²) in [6.07, 6.45) is -3.29. The van der Waals surface area contributed by atoms with Gasteiger partial charge < -0.3 is 5.32 Å². The number of hydrogen-bond donors (Lipinski definition) is 2. The first-order chi connectivity index (χ1) is 10.3.